The summed E-state index contributed by atoms with van der Waals surface area (Å²) in [5, 5.41) is 7.04. The zero-order chi connectivity index (χ0) is 13.8. The maximum absolute atomic E-state index is 13.5. The maximum atomic E-state index is 13.5. The molecule has 102 valence electrons. The smallest absolute Gasteiger partial charge is 0.304 e. The van der Waals surface area contributed by atoms with Crippen molar-refractivity contribution in [3.8, 4) is 0 Å². The van der Waals surface area contributed by atoms with Crippen LogP contribution in [0.1, 0.15) is 12.6 Å². The van der Waals surface area contributed by atoms with Crippen LogP contribution in [0.3, 0.4) is 0 Å². The summed E-state index contributed by atoms with van der Waals surface area (Å²) in [5.41, 5.74) is 0.616. The number of nitrogens with one attached hydrogen (secondary N) is 3. The summed E-state index contributed by atoms with van der Waals surface area (Å²) in [7, 11) is 0. The molecule has 8 heteroatoms. The van der Waals surface area contributed by atoms with Gasteiger partial charge in [0.05, 0.1) is 6.54 Å². The molecular formula is C11H12F2N4OS. The lowest BCUT2D eigenvalue weighted by molar-refractivity contribution is 0.578. The minimum Gasteiger partial charge on any atom is -0.368 e. The summed E-state index contributed by atoms with van der Waals surface area (Å²) in [6.45, 7) is 2.47. The molecule has 0 aliphatic carbocycles. The van der Waals surface area contributed by atoms with Crippen LogP contribution in [0.5, 0.6) is 0 Å². The zero-order valence-electron chi connectivity index (χ0n) is 10.1. The first-order valence-electron chi connectivity index (χ1n) is 5.60. The average molecular weight is 286 g/mol. The molecule has 2 rings (SSSR count). The molecule has 0 spiro atoms. The van der Waals surface area contributed by atoms with E-state index >= 15 is 0 Å². The number of hydrogen-bond donors (Lipinski definition) is 3. The van der Waals surface area contributed by atoms with Gasteiger partial charge < -0.3 is 15.6 Å². The standard InChI is InChI=1S/C11H12F2N4OS/c1-2-14-9-7(12)3-8(13)10(17-9)15-4-6-5-19-11(18)16-6/h3,5H,2,4H2,1H3,(H,16,18)(H2,14,15,17). The predicted octanol–water partition coefficient (Wildman–Crippen LogP) is 2.15. The number of aromatic amines is 1. The third-order valence-corrected chi connectivity index (χ3v) is 3.01. The molecule has 0 amide bonds. The van der Waals surface area contributed by atoms with Gasteiger partial charge in [0.25, 0.3) is 0 Å². The largest absolute Gasteiger partial charge is 0.368 e. The Labute approximate surface area is 111 Å². The number of hydrogen-bond acceptors (Lipinski definition) is 5. The van der Waals surface area contributed by atoms with Gasteiger partial charge in [-0.2, -0.15) is 0 Å². The lowest BCUT2D eigenvalue weighted by Gasteiger charge is -2.09. The number of anilines is 2. The summed E-state index contributed by atoms with van der Waals surface area (Å²) in [5.74, 6) is -1.60. The molecule has 0 unspecified atom stereocenters. The third kappa shape index (κ3) is 3.28. The van der Waals surface area contributed by atoms with E-state index in [4.69, 9.17) is 0 Å². The van der Waals surface area contributed by atoms with Crippen LogP contribution in [0.25, 0.3) is 0 Å². The van der Waals surface area contributed by atoms with Crippen LogP contribution in [0.4, 0.5) is 20.4 Å². The molecule has 2 heterocycles. The molecule has 19 heavy (non-hydrogen) atoms. The van der Waals surface area contributed by atoms with E-state index in [0.717, 1.165) is 17.4 Å². The number of aromatic nitrogens is 2. The maximum Gasteiger partial charge on any atom is 0.304 e. The first-order valence-corrected chi connectivity index (χ1v) is 6.48. The summed E-state index contributed by atoms with van der Waals surface area (Å²) in [4.78, 5) is 17.2. The summed E-state index contributed by atoms with van der Waals surface area (Å²) < 4.78 is 26.9. The van der Waals surface area contributed by atoms with Crippen molar-refractivity contribution in [1.82, 2.24) is 9.97 Å². The van der Waals surface area contributed by atoms with Gasteiger partial charge in [0.15, 0.2) is 23.3 Å². The topological polar surface area (TPSA) is 69.8 Å². The quantitative estimate of drug-likeness (QED) is 0.787. The molecule has 0 radical (unpaired) electrons. The second-order valence-electron chi connectivity index (χ2n) is 3.71. The molecule has 0 saturated carbocycles. The van der Waals surface area contributed by atoms with E-state index in [-0.39, 0.29) is 23.1 Å². The molecule has 0 fully saturated rings. The van der Waals surface area contributed by atoms with Gasteiger partial charge in [-0.1, -0.05) is 11.3 Å². The Hall–Kier alpha value is -1.96. The first kappa shape index (κ1) is 13.5. The van der Waals surface area contributed by atoms with E-state index < -0.39 is 11.6 Å². The fourth-order valence-corrected chi connectivity index (χ4v) is 2.04. The Morgan fingerprint density at radius 1 is 1.32 bits per heavy atom. The van der Waals surface area contributed by atoms with Crippen molar-refractivity contribution < 1.29 is 8.78 Å². The highest BCUT2D eigenvalue weighted by Crippen LogP contribution is 2.19. The van der Waals surface area contributed by atoms with Crippen molar-refractivity contribution in [2.75, 3.05) is 17.2 Å². The van der Waals surface area contributed by atoms with Gasteiger partial charge in [0.2, 0.25) is 0 Å². The lowest BCUT2D eigenvalue weighted by Crippen LogP contribution is -2.09. The van der Waals surface area contributed by atoms with Gasteiger partial charge >= 0.3 is 4.87 Å². The van der Waals surface area contributed by atoms with E-state index in [2.05, 4.69) is 20.6 Å². The Kier molecular flexibility index (Phi) is 4.10. The third-order valence-electron chi connectivity index (χ3n) is 2.29. The molecule has 2 aromatic rings. The molecule has 5 nitrogen and oxygen atoms in total. The molecule has 0 saturated heterocycles. The number of halogens is 2. The van der Waals surface area contributed by atoms with Crippen LogP contribution in [0.2, 0.25) is 0 Å². The first-order chi connectivity index (χ1) is 9.10. The molecular weight excluding hydrogens is 274 g/mol. The Morgan fingerprint density at radius 2 is 2.00 bits per heavy atom. The minimum absolute atomic E-state index is 0.00906. The Bertz CT molecular complexity index is 625. The molecule has 3 N–H and O–H groups in total. The van der Waals surface area contributed by atoms with Crippen LogP contribution in [0.15, 0.2) is 16.2 Å². The summed E-state index contributed by atoms with van der Waals surface area (Å²) >= 11 is 1.02. The van der Waals surface area contributed by atoms with Crippen molar-refractivity contribution in [3.05, 3.63) is 38.4 Å². The number of nitrogens with zero attached hydrogens (tertiary/aromatic N) is 1. The molecule has 0 bridgehead atoms. The summed E-state index contributed by atoms with van der Waals surface area (Å²) in [6.07, 6.45) is 0. The molecule has 0 aliphatic rings. The summed E-state index contributed by atoms with van der Waals surface area (Å²) in [6, 6.07) is 0.768. The van der Waals surface area contributed by atoms with Crippen LogP contribution in [-0.4, -0.2) is 16.5 Å². The van der Waals surface area contributed by atoms with Crippen LogP contribution in [-0.2, 0) is 6.54 Å². The van der Waals surface area contributed by atoms with Crippen LogP contribution >= 0.6 is 11.3 Å². The van der Waals surface area contributed by atoms with Gasteiger partial charge in [-0.3, -0.25) is 4.79 Å². The highest BCUT2D eigenvalue weighted by Gasteiger charge is 2.11. The second kappa shape index (κ2) is 5.79. The fraction of sp³-hybridized carbons (Fsp3) is 0.273. The number of pyridine rings is 1. The van der Waals surface area contributed by atoms with Gasteiger partial charge in [-0.15, -0.1) is 0 Å². The Balaban J connectivity index is 2.15. The van der Waals surface area contributed by atoms with Crippen molar-refractivity contribution in [1.29, 1.82) is 0 Å². The van der Waals surface area contributed by atoms with Crippen molar-refractivity contribution in [3.63, 3.8) is 0 Å². The lowest BCUT2D eigenvalue weighted by atomic mass is 10.3. The predicted molar refractivity (Wildman–Crippen MR) is 70.6 cm³/mol. The van der Waals surface area contributed by atoms with Gasteiger partial charge in [-0.25, -0.2) is 13.8 Å². The Morgan fingerprint density at radius 3 is 2.58 bits per heavy atom. The van der Waals surface area contributed by atoms with Crippen LogP contribution in [0, 0.1) is 11.6 Å². The van der Waals surface area contributed by atoms with E-state index in [0.29, 0.717) is 12.2 Å². The molecule has 0 aromatic carbocycles. The van der Waals surface area contributed by atoms with Gasteiger partial charge in [0, 0.05) is 23.7 Å². The van der Waals surface area contributed by atoms with Crippen molar-refractivity contribution in [2.24, 2.45) is 0 Å². The fourth-order valence-electron chi connectivity index (χ4n) is 1.46. The molecule has 0 aliphatic heterocycles. The van der Waals surface area contributed by atoms with E-state index in [1.807, 2.05) is 0 Å². The second-order valence-corrected chi connectivity index (χ2v) is 4.55. The highest BCUT2D eigenvalue weighted by atomic mass is 32.1. The number of H-pyrrole nitrogens is 1. The monoisotopic (exact) mass is 286 g/mol. The average Bonchev–Trinajstić information content (AvgIpc) is 2.77. The number of thiazole rings is 1. The van der Waals surface area contributed by atoms with Gasteiger partial charge in [0.1, 0.15) is 0 Å². The molecule has 0 atom stereocenters. The van der Waals surface area contributed by atoms with E-state index in [9.17, 15) is 13.6 Å². The number of rotatable bonds is 5. The minimum atomic E-state index is -0.781. The molecule has 2 aromatic heterocycles. The normalized spacial score (nSPS) is 10.5. The highest BCUT2D eigenvalue weighted by molar-refractivity contribution is 7.07. The van der Waals surface area contributed by atoms with Crippen molar-refractivity contribution in [2.45, 2.75) is 13.5 Å². The van der Waals surface area contributed by atoms with Gasteiger partial charge in [-0.05, 0) is 6.92 Å². The SMILES string of the molecule is CCNc1nc(NCc2csc(=O)[nH]2)c(F)cc1F. The van der Waals surface area contributed by atoms with E-state index in [1.165, 1.54) is 0 Å². The van der Waals surface area contributed by atoms with E-state index in [1.54, 1.807) is 12.3 Å². The zero-order valence-corrected chi connectivity index (χ0v) is 10.9. The van der Waals surface area contributed by atoms with Crippen molar-refractivity contribution >= 4 is 23.0 Å². The van der Waals surface area contributed by atoms with Crippen LogP contribution < -0.4 is 15.5 Å².